The molecule has 0 bridgehead atoms. The first-order valence-corrected chi connectivity index (χ1v) is 6.49. The van der Waals surface area contributed by atoms with Gasteiger partial charge in [-0.25, -0.2) is 0 Å². The molecule has 100 valence electrons. The smallest absolute Gasteiger partial charge is 0.220 e. The van der Waals surface area contributed by atoms with E-state index < -0.39 is 0 Å². The van der Waals surface area contributed by atoms with Gasteiger partial charge in [-0.15, -0.1) is 0 Å². The van der Waals surface area contributed by atoms with Crippen LogP contribution in [0.4, 0.5) is 0 Å². The lowest BCUT2D eigenvalue weighted by molar-refractivity contribution is -0.122. The summed E-state index contributed by atoms with van der Waals surface area (Å²) in [5.74, 6) is 0.0142. The lowest BCUT2D eigenvalue weighted by atomic mass is 10.0. The van der Waals surface area contributed by atoms with Gasteiger partial charge in [0.05, 0.1) is 6.61 Å². The van der Waals surface area contributed by atoms with Gasteiger partial charge in [0.2, 0.25) is 5.91 Å². The molecule has 1 aromatic carbocycles. The molecular formula is C15H23NO2. The first-order chi connectivity index (χ1) is 8.52. The summed E-state index contributed by atoms with van der Waals surface area (Å²) in [6.07, 6.45) is 2.27. The van der Waals surface area contributed by atoms with Crippen LogP contribution in [0.15, 0.2) is 18.2 Å². The van der Waals surface area contributed by atoms with Crippen molar-refractivity contribution in [1.82, 2.24) is 5.32 Å². The highest BCUT2D eigenvalue weighted by molar-refractivity contribution is 5.76. The Labute approximate surface area is 109 Å². The number of aliphatic hydroxyl groups is 1. The highest BCUT2D eigenvalue weighted by Gasteiger charge is 2.06. The quantitative estimate of drug-likeness (QED) is 0.811. The van der Waals surface area contributed by atoms with Gasteiger partial charge in [0, 0.05) is 12.5 Å². The van der Waals surface area contributed by atoms with E-state index in [-0.39, 0.29) is 18.6 Å². The molecule has 18 heavy (non-hydrogen) atoms. The third kappa shape index (κ3) is 4.88. The maximum atomic E-state index is 11.5. The van der Waals surface area contributed by atoms with Crippen molar-refractivity contribution in [1.29, 1.82) is 0 Å². The van der Waals surface area contributed by atoms with E-state index in [1.165, 1.54) is 16.7 Å². The number of amides is 1. The molecule has 1 aromatic rings. The second-order valence-electron chi connectivity index (χ2n) is 4.92. The zero-order valence-electron chi connectivity index (χ0n) is 11.5. The molecule has 0 radical (unpaired) electrons. The van der Waals surface area contributed by atoms with E-state index in [0.717, 1.165) is 12.8 Å². The summed E-state index contributed by atoms with van der Waals surface area (Å²) in [5.41, 5.74) is 3.88. The number of nitrogens with one attached hydrogen (secondary N) is 1. The van der Waals surface area contributed by atoms with E-state index in [4.69, 9.17) is 5.11 Å². The summed E-state index contributed by atoms with van der Waals surface area (Å²) in [7, 11) is 0. The first-order valence-electron chi connectivity index (χ1n) is 6.49. The number of carbonyl (C=O) groups is 1. The van der Waals surface area contributed by atoms with E-state index in [2.05, 4.69) is 37.4 Å². The fourth-order valence-corrected chi connectivity index (χ4v) is 1.80. The maximum absolute atomic E-state index is 11.5. The molecule has 3 nitrogen and oxygen atoms in total. The highest BCUT2D eigenvalue weighted by Crippen LogP contribution is 2.12. The molecule has 1 atom stereocenters. The van der Waals surface area contributed by atoms with Crippen molar-refractivity contribution in [2.24, 2.45) is 0 Å². The molecular weight excluding hydrogens is 226 g/mol. The number of hydrogen-bond donors (Lipinski definition) is 2. The molecule has 0 heterocycles. The van der Waals surface area contributed by atoms with Crippen LogP contribution in [-0.2, 0) is 11.2 Å². The Morgan fingerprint density at radius 2 is 2.06 bits per heavy atom. The van der Waals surface area contributed by atoms with Crippen LogP contribution < -0.4 is 5.32 Å². The van der Waals surface area contributed by atoms with Crippen molar-refractivity contribution >= 4 is 5.91 Å². The molecule has 0 fully saturated rings. The Kier molecular flexibility index (Phi) is 5.86. The number of benzene rings is 1. The lowest BCUT2D eigenvalue weighted by Crippen LogP contribution is -2.34. The third-order valence-corrected chi connectivity index (χ3v) is 3.12. The normalized spacial score (nSPS) is 12.2. The van der Waals surface area contributed by atoms with Crippen LogP contribution in [0.2, 0.25) is 0 Å². The van der Waals surface area contributed by atoms with Crippen molar-refractivity contribution in [2.45, 2.75) is 46.1 Å². The van der Waals surface area contributed by atoms with Crippen LogP contribution in [0.25, 0.3) is 0 Å². The maximum Gasteiger partial charge on any atom is 0.220 e. The highest BCUT2D eigenvalue weighted by atomic mass is 16.3. The zero-order chi connectivity index (χ0) is 13.5. The summed E-state index contributed by atoms with van der Waals surface area (Å²) in [5, 5.41) is 11.6. The Morgan fingerprint density at radius 3 is 2.67 bits per heavy atom. The van der Waals surface area contributed by atoms with E-state index in [9.17, 15) is 4.79 Å². The third-order valence-electron chi connectivity index (χ3n) is 3.12. The van der Waals surface area contributed by atoms with Crippen molar-refractivity contribution in [3.8, 4) is 0 Å². The molecule has 0 aromatic heterocycles. The monoisotopic (exact) mass is 249 g/mol. The van der Waals surface area contributed by atoms with Crippen LogP contribution in [0.1, 0.15) is 36.5 Å². The van der Waals surface area contributed by atoms with Gasteiger partial charge in [0.15, 0.2) is 0 Å². The molecule has 1 rings (SSSR count). The largest absolute Gasteiger partial charge is 0.394 e. The summed E-state index contributed by atoms with van der Waals surface area (Å²) in [6.45, 7) is 5.99. The van der Waals surface area contributed by atoms with E-state index in [0.29, 0.717) is 6.42 Å². The fraction of sp³-hybridized carbons (Fsp3) is 0.533. The van der Waals surface area contributed by atoms with Gasteiger partial charge < -0.3 is 10.4 Å². The van der Waals surface area contributed by atoms with Gasteiger partial charge in [-0.05, 0) is 50.3 Å². The molecule has 0 aliphatic rings. The Balaban J connectivity index is 2.33. The SMILES string of the molecule is Cc1ccc(CCCC(=O)NC(C)CO)cc1C. The van der Waals surface area contributed by atoms with Crippen molar-refractivity contribution in [3.63, 3.8) is 0 Å². The minimum absolute atomic E-state index is 0.0110. The Bertz CT molecular complexity index is 401. The first kappa shape index (κ1) is 14.7. The molecule has 0 aliphatic heterocycles. The van der Waals surface area contributed by atoms with Crippen LogP contribution in [-0.4, -0.2) is 23.7 Å². The van der Waals surface area contributed by atoms with Crippen LogP contribution >= 0.6 is 0 Å². The molecule has 1 unspecified atom stereocenters. The predicted octanol–water partition coefficient (Wildman–Crippen LogP) is 2.12. The lowest BCUT2D eigenvalue weighted by Gasteiger charge is -2.10. The average molecular weight is 249 g/mol. The van der Waals surface area contributed by atoms with Crippen LogP contribution in [0.3, 0.4) is 0 Å². The Morgan fingerprint density at radius 1 is 1.33 bits per heavy atom. The van der Waals surface area contributed by atoms with Gasteiger partial charge in [-0.3, -0.25) is 4.79 Å². The molecule has 0 saturated carbocycles. The summed E-state index contributed by atoms with van der Waals surface area (Å²) in [4.78, 5) is 11.5. The average Bonchev–Trinajstić information content (AvgIpc) is 2.33. The number of hydrogen-bond acceptors (Lipinski definition) is 2. The van der Waals surface area contributed by atoms with E-state index in [1.54, 1.807) is 6.92 Å². The standard InChI is InChI=1S/C15H23NO2/c1-11-7-8-14(9-12(11)2)5-4-6-15(18)16-13(3)10-17/h7-9,13,17H,4-6,10H2,1-3H3,(H,16,18). The van der Waals surface area contributed by atoms with Gasteiger partial charge in [-0.1, -0.05) is 18.2 Å². The summed E-state index contributed by atoms with van der Waals surface area (Å²) < 4.78 is 0. The van der Waals surface area contributed by atoms with Crippen molar-refractivity contribution in [3.05, 3.63) is 34.9 Å². The second kappa shape index (κ2) is 7.17. The zero-order valence-corrected chi connectivity index (χ0v) is 11.5. The van der Waals surface area contributed by atoms with Gasteiger partial charge in [0.1, 0.15) is 0 Å². The number of rotatable bonds is 6. The summed E-state index contributed by atoms with van der Waals surface area (Å²) in [6, 6.07) is 6.28. The van der Waals surface area contributed by atoms with E-state index in [1.807, 2.05) is 0 Å². The molecule has 0 spiro atoms. The number of carbonyl (C=O) groups excluding carboxylic acids is 1. The summed E-state index contributed by atoms with van der Waals surface area (Å²) >= 11 is 0. The van der Waals surface area contributed by atoms with Crippen molar-refractivity contribution < 1.29 is 9.90 Å². The predicted molar refractivity (Wildman–Crippen MR) is 73.5 cm³/mol. The van der Waals surface area contributed by atoms with Crippen LogP contribution in [0, 0.1) is 13.8 Å². The number of aliphatic hydroxyl groups excluding tert-OH is 1. The minimum atomic E-state index is -0.154. The molecule has 1 amide bonds. The molecule has 0 aliphatic carbocycles. The molecule has 0 saturated heterocycles. The fourth-order valence-electron chi connectivity index (χ4n) is 1.80. The second-order valence-corrected chi connectivity index (χ2v) is 4.92. The van der Waals surface area contributed by atoms with Gasteiger partial charge >= 0.3 is 0 Å². The van der Waals surface area contributed by atoms with Crippen molar-refractivity contribution in [2.75, 3.05) is 6.61 Å². The minimum Gasteiger partial charge on any atom is -0.394 e. The van der Waals surface area contributed by atoms with Gasteiger partial charge in [-0.2, -0.15) is 0 Å². The molecule has 3 heteroatoms. The molecule has 2 N–H and O–H groups in total. The topological polar surface area (TPSA) is 49.3 Å². The Hall–Kier alpha value is -1.35. The number of aryl methyl sites for hydroxylation is 3. The van der Waals surface area contributed by atoms with Crippen LogP contribution in [0.5, 0.6) is 0 Å². The van der Waals surface area contributed by atoms with E-state index >= 15 is 0 Å². The van der Waals surface area contributed by atoms with Gasteiger partial charge in [0.25, 0.3) is 0 Å².